The summed E-state index contributed by atoms with van der Waals surface area (Å²) in [4.78, 5) is 36.5. The van der Waals surface area contributed by atoms with Crippen LogP contribution in [0.15, 0.2) is 47.3 Å². The number of aromatic nitrogens is 1. The maximum atomic E-state index is 14.4. The number of hydrogen-bond acceptors (Lipinski definition) is 5. The molecule has 1 atom stereocenters. The van der Waals surface area contributed by atoms with Crippen LogP contribution in [0.1, 0.15) is 23.7 Å². The van der Waals surface area contributed by atoms with E-state index in [0.29, 0.717) is 11.8 Å². The molecule has 3 aromatic rings. The molecular formula is C24H22F2N3NaO6. The van der Waals surface area contributed by atoms with E-state index in [-0.39, 0.29) is 52.0 Å². The van der Waals surface area contributed by atoms with E-state index in [1.807, 2.05) is 0 Å². The van der Waals surface area contributed by atoms with Crippen LogP contribution in [0.2, 0.25) is 0 Å². The van der Waals surface area contributed by atoms with Crippen molar-refractivity contribution in [3.63, 3.8) is 0 Å². The minimum atomic E-state index is -1.26. The minimum absolute atomic E-state index is 0. The Morgan fingerprint density at radius 1 is 1.17 bits per heavy atom. The number of methoxy groups -OCH3 is 1. The van der Waals surface area contributed by atoms with Gasteiger partial charge in [-0.3, -0.25) is 9.59 Å². The standard InChI is InChI=1S/C24H23F2N3O6.Na/c1-12-6-20(30)22(23(33)29(12)2)28-24(34)27-19(11-21(31)32)14-7-13(8-16(9-14)35-3)17-5-4-15(25)10-18(17)26;/h4-10,19,30H,11H2,1-3H3,(H,31,32)(H2,27,28,34);/q;+1/p-1. The molecule has 1 heterocycles. The molecule has 0 radical (unpaired) electrons. The van der Waals surface area contributed by atoms with Crippen LogP contribution in [0, 0.1) is 18.6 Å². The van der Waals surface area contributed by atoms with Gasteiger partial charge in [-0.05, 0) is 54.4 Å². The molecule has 12 heteroatoms. The number of amides is 2. The number of urea groups is 1. The van der Waals surface area contributed by atoms with E-state index >= 15 is 0 Å². The zero-order valence-electron chi connectivity index (χ0n) is 20.0. The smallest absolute Gasteiger partial charge is 0.871 e. The van der Waals surface area contributed by atoms with Crippen LogP contribution in [0.3, 0.4) is 0 Å². The summed E-state index contributed by atoms with van der Waals surface area (Å²) in [6.45, 7) is 1.56. The first-order chi connectivity index (χ1) is 16.5. The zero-order chi connectivity index (χ0) is 25.9. The van der Waals surface area contributed by atoms with Gasteiger partial charge >= 0.3 is 41.6 Å². The fraction of sp³-hybridized carbons (Fsp3) is 0.208. The molecule has 184 valence electrons. The van der Waals surface area contributed by atoms with Crippen molar-refractivity contribution in [2.45, 2.75) is 19.4 Å². The van der Waals surface area contributed by atoms with Crippen molar-refractivity contribution in [2.75, 3.05) is 12.4 Å². The van der Waals surface area contributed by atoms with E-state index in [0.717, 1.165) is 6.07 Å². The Kier molecular flexibility index (Phi) is 9.62. The van der Waals surface area contributed by atoms with Crippen molar-refractivity contribution in [2.24, 2.45) is 7.05 Å². The van der Waals surface area contributed by atoms with Gasteiger partial charge in [0.05, 0.1) is 19.6 Å². The van der Waals surface area contributed by atoms with Crippen molar-refractivity contribution >= 4 is 17.7 Å². The van der Waals surface area contributed by atoms with Gasteiger partial charge in [-0.15, -0.1) is 0 Å². The summed E-state index contributed by atoms with van der Waals surface area (Å²) in [5.74, 6) is -3.35. The molecule has 36 heavy (non-hydrogen) atoms. The third-order valence-corrected chi connectivity index (χ3v) is 5.37. The second kappa shape index (κ2) is 12.0. The third kappa shape index (κ3) is 6.62. The number of rotatable bonds is 7. The number of halogens is 2. The molecule has 0 fully saturated rings. The van der Waals surface area contributed by atoms with Crippen LogP contribution in [0.4, 0.5) is 19.3 Å². The number of nitrogens with one attached hydrogen (secondary N) is 2. The Balaban J connectivity index is 0.00000456. The molecule has 0 saturated heterocycles. The molecule has 1 aromatic heterocycles. The average molecular weight is 509 g/mol. The largest absolute Gasteiger partial charge is 1.00 e. The summed E-state index contributed by atoms with van der Waals surface area (Å²) in [6, 6.07) is 6.37. The van der Waals surface area contributed by atoms with Crippen LogP contribution in [-0.2, 0) is 11.8 Å². The average Bonchev–Trinajstić information content (AvgIpc) is 2.79. The first-order valence-corrected chi connectivity index (χ1v) is 10.3. The molecule has 0 spiro atoms. The van der Waals surface area contributed by atoms with Gasteiger partial charge in [0.15, 0.2) is 0 Å². The number of benzene rings is 2. The van der Waals surface area contributed by atoms with Crippen molar-refractivity contribution in [3.05, 3.63) is 75.7 Å². The quantitative estimate of drug-likeness (QED) is 0.386. The van der Waals surface area contributed by atoms with Gasteiger partial charge in [-0.1, -0.05) is 5.75 Å². The van der Waals surface area contributed by atoms with E-state index in [9.17, 15) is 33.4 Å². The summed E-state index contributed by atoms with van der Waals surface area (Å²) in [6.07, 6.45) is -0.581. The number of carbonyl (C=O) groups is 2. The van der Waals surface area contributed by atoms with Crippen LogP contribution in [0.25, 0.3) is 11.1 Å². The Morgan fingerprint density at radius 2 is 1.86 bits per heavy atom. The molecule has 0 bridgehead atoms. The van der Waals surface area contributed by atoms with Gasteiger partial charge in [0.1, 0.15) is 23.1 Å². The number of aryl methyl sites for hydroxylation is 1. The molecule has 0 aliphatic carbocycles. The molecule has 9 nitrogen and oxygen atoms in total. The van der Waals surface area contributed by atoms with E-state index in [2.05, 4.69) is 10.6 Å². The summed E-state index contributed by atoms with van der Waals surface area (Å²) in [5.41, 5.74) is -0.306. The van der Waals surface area contributed by atoms with Crippen molar-refractivity contribution in [1.29, 1.82) is 0 Å². The SMILES string of the molecule is COc1cc(-c2ccc(F)cc2F)cc(C(CC(=O)O)NC(=O)Nc2c([O-])cc(C)n(C)c2=O)c1.[Na+]. The number of carbonyl (C=O) groups excluding carboxylic acids is 1. The van der Waals surface area contributed by atoms with Crippen LogP contribution < -0.4 is 55.6 Å². The Labute approximate surface area is 227 Å². The van der Waals surface area contributed by atoms with Gasteiger partial charge in [0.25, 0.3) is 5.56 Å². The number of pyridine rings is 1. The van der Waals surface area contributed by atoms with Crippen molar-refractivity contribution in [1.82, 2.24) is 9.88 Å². The van der Waals surface area contributed by atoms with Crippen LogP contribution >= 0.6 is 0 Å². The monoisotopic (exact) mass is 509 g/mol. The molecule has 0 aliphatic heterocycles. The summed E-state index contributed by atoms with van der Waals surface area (Å²) < 4.78 is 34.2. The molecule has 3 N–H and O–H groups in total. The number of carboxylic acid groups (broad SMARTS) is 1. The van der Waals surface area contributed by atoms with Crippen molar-refractivity contribution in [3.8, 4) is 22.6 Å². The number of aliphatic carboxylic acids is 1. The Bertz CT molecular complexity index is 1360. The molecule has 2 aromatic carbocycles. The number of nitrogens with zero attached hydrogens (tertiary/aromatic N) is 1. The Morgan fingerprint density at radius 3 is 2.47 bits per heavy atom. The predicted octanol–water partition coefficient (Wildman–Crippen LogP) is 0.0626. The van der Waals surface area contributed by atoms with Crippen LogP contribution in [0.5, 0.6) is 11.5 Å². The summed E-state index contributed by atoms with van der Waals surface area (Å²) >= 11 is 0. The van der Waals surface area contributed by atoms with E-state index in [1.165, 1.54) is 49.1 Å². The molecular weight excluding hydrogens is 487 g/mol. The third-order valence-electron chi connectivity index (χ3n) is 5.37. The van der Waals surface area contributed by atoms with Gasteiger partial charge in [0, 0.05) is 24.4 Å². The van der Waals surface area contributed by atoms with Gasteiger partial charge in [-0.25, -0.2) is 13.6 Å². The molecule has 3 rings (SSSR count). The van der Waals surface area contributed by atoms with Crippen LogP contribution in [-0.4, -0.2) is 28.8 Å². The van der Waals surface area contributed by atoms with E-state index in [4.69, 9.17) is 4.74 Å². The van der Waals surface area contributed by atoms with Crippen molar-refractivity contribution < 1.29 is 62.9 Å². The zero-order valence-corrected chi connectivity index (χ0v) is 22.0. The first-order valence-electron chi connectivity index (χ1n) is 10.3. The topological polar surface area (TPSA) is 133 Å². The number of ether oxygens (including phenoxy) is 1. The number of carboxylic acids is 1. The van der Waals surface area contributed by atoms with Gasteiger partial charge < -0.3 is 30.2 Å². The summed E-state index contributed by atoms with van der Waals surface area (Å²) in [5, 5.41) is 26.2. The Hall–Kier alpha value is -3.41. The fourth-order valence-corrected chi connectivity index (χ4v) is 3.46. The number of hydrogen-bond donors (Lipinski definition) is 3. The normalized spacial score (nSPS) is 11.2. The fourth-order valence-electron chi connectivity index (χ4n) is 3.46. The molecule has 0 saturated carbocycles. The van der Waals surface area contributed by atoms with Gasteiger partial charge in [0.2, 0.25) is 0 Å². The first kappa shape index (κ1) is 28.8. The summed E-state index contributed by atoms with van der Waals surface area (Å²) in [7, 11) is 2.78. The van der Waals surface area contributed by atoms with E-state index in [1.54, 1.807) is 6.92 Å². The maximum absolute atomic E-state index is 14.4. The molecule has 0 aliphatic rings. The maximum Gasteiger partial charge on any atom is 1.00 e. The van der Waals surface area contributed by atoms with E-state index < -0.39 is 53.1 Å². The second-order valence-corrected chi connectivity index (χ2v) is 7.76. The molecule has 1 unspecified atom stereocenters. The number of anilines is 1. The molecule has 2 amide bonds. The second-order valence-electron chi connectivity index (χ2n) is 7.76. The minimum Gasteiger partial charge on any atom is -0.871 e. The predicted molar refractivity (Wildman–Crippen MR) is 121 cm³/mol. The van der Waals surface area contributed by atoms with Gasteiger partial charge in [-0.2, -0.15) is 0 Å².